The quantitative estimate of drug-likeness (QED) is 0.812. The first-order valence-corrected chi connectivity index (χ1v) is 5.17. The molecule has 90 valence electrons. The van der Waals surface area contributed by atoms with Gasteiger partial charge in [-0.05, 0) is 25.5 Å². The third-order valence-corrected chi connectivity index (χ3v) is 2.57. The number of aliphatic hydroxyl groups excluding tert-OH is 1. The summed E-state index contributed by atoms with van der Waals surface area (Å²) in [6.45, 7) is 3.65. The molecule has 0 fully saturated rings. The molecule has 3 N–H and O–H groups in total. The molecule has 1 aromatic carbocycles. The topological polar surface area (TPSA) is 64.7 Å². The van der Waals surface area contributed by atoms with Crippen LogP contribution in [-0.2, 0) is 0 Å². The molecular weight excluding hydrogens is 206 g/mol. The van der Waals surface area contributed by atoms with Gasteiger partial charge in [0.25, 0.3) is 0 Å². The molecule has 0 spiro atoms. The van der Waals surface area contributed by atoms with Gasteiger partial charge in [0, 0.05) is 17.7 Å². The Hall–Kier alpha value is -1.26. The molecule has 0 unspecified atom stereocenters. The van der Waals surface area contributed by atoms with Crippen molar-refractivity contribution in [1.29, 1.82) is 0 Å². The van der Waals surface area contributed by atoms with Crippen LogP contribution in [0, 0.1) is 6.92 Å². The number of ether oxygens (including phenoxy) is 2. The molecule has 0 aliphatic rings. The van der Waals surface area contributed by atoms with Crippen LogP contribution in [0.25, 0.3) is 0 Å². The third kappa shape index (κ3) is 2.46. The van der Waals surface area contributed by atoms with Gasteiger partial charge in [0.1, 0.15) is 11.5 Å². The van der Waals surface area contributed by atoms with Gasteiger partial charge in [0.05, 0.1) is 20.3 Å². The lowest BCUT2D eigenvalue weighted by Crippen LogP contribution is -2.25. The van der Waals surface area contributed by atoms with E-state index in [0.717, 1.165) is 11.1 Å². The summed E-state index contributed by atoms with van der Waals surface area (Å²) in [7, 11) is 3.15. The summed E-state index contributed by atoms with van der Waals surface area (Å²) < 4.78 is 10.4. The minimum absolute atomic E-state index is 0.346. The molecule has 2 atom stereocenters. The van der Waals surface area contributed by atoms with Crippen molar-refractivity contribution in [1.82, 2.24) is 0 Å². The Balaban J connectivity index is 3.26. The number of aliphatic hydroxyl groups is 1. The number of aryl methyl sites for hydroxylation is 1. The first kappa shape index (κ1) is 12.8. The zero-order chi connectivity index (χ0) is 12.3. The van der Waals surface area contributed by atoms with E-state index in [1.807, 2.05) is 13.0 Å². The number of nitrogens with two attached hydrogens (primary N) is 1. The highest BCUT2D eigenvalue weighted by molar-refractivity contribution is 5.47. The average Bonchev–Trinajstić information content (AvgIpc) is 2.26. The minimum Gasteiger partial charge on any atom is -0.497 e. The van der Waals surface area contributed by atoms with Gasteiger partial charge in [0.2, 0.25) is 0 Å². The minimum atomic E-state index is -0.735. The van der Waals surface area contributed by atoms with Crippen LogP contribution < -0.4 is 15.2 Å². The van der Waals surface area contributed by atoms with Crippen LogP contribution in [0.5, 0.6) is 11.5 Å². The summed E-state index contributed by atoms with van der Waals surface area (Å²) in [5.41, 5.74) is 7.32. The molecule has 0 saturated carbocycles. The fourth-order valence-corrected chi connectivity index (χ4v) is 1.66. The van der Waals surface area contributed by atoms with Crippen molar-refractivity contribution in [3.05, 3.63) is 23.3 Å². The van der Waals surface area contributed by atoms with E-state index in [2.05, 4.69) is 0 Å². The largest absolute Gasteiger partial charge is 0.497 e. The molecule has 0 radical (unpaired) electrons. The van der Waals surface area contributed by atoms with Crippen LogP contribution >= 0.6 is 0 Å². The Morgan fingerprint density at radius 1 is 1.25 bits per heavy atom. The molecule has 1 rings (SSSR count). The number of hydrogen-bond acceptors (Lipinski definition) is 4. The van der Waals surface area contributed by atoms with Crippen molar-refractivity contribution in [3.8, 4) is 11.5 Å². The van der Waals surface area contributed by atoms with Gasteiger partial charge in [-0.15, -0.1) is 0 Å². The van der Waals surface area contributed by atoms with Crippen LogP contribution in [0.15, 0.2) is 12.1 Å². The molecule has 0 aromatic heterocycles. The zero-order valence-electron chi connectivity index (χ0n) is 10.2. The van der Waals surface area contributed by atoms with E-state index < -0.39 is 6.10 Å². The van der Waals surface area contributed by atoms with E-state index in [-0.39, 0.29) is 6.04 Å². The Bertz CT molecular complexity index is 364. The van der Waals surface area contributed by atoms with Crippen LogP contribution in [-0.4, -0.2) is 25.4 Å². The van der Waals surface area contributed by atoms with E-state index in [9.17, 15) is 5.11 Å². The molecular formula is C12H19NO3. The lowest BCUT2D eigenvalue weighted by Gasteiger charge is -2.21. The van der Waals surface area contributed by atoms with E-state index in [1.54, 1.807) is 27.2 Å². The standard InChI is InChI=1S/C12H19NO3/c1-7-5-9(15-3)6-10(16-4)11(7)12(14)8(2)13/h5-6,8,12,14H,13H2,1-4H3/t8-,12-/m1/s1. The molecule has 1 aromatic rings. The van der Waals surface area contributed by atoms with Crippen LogP contribution in [0.1, 0.15) is 24.2 Å². The molecule has 0 heterocycles. The van der Waals surface area contributed by atoms with Gasteiger partial charge in [-0.3, -0.25) is 0 Å². The molecule has 0 aliphatic heterocycles. The van der Waals surface area contributed by atoms with Crippen molar-refractivity contribution in [3.63, 3.8) is 0 Å². The van der Waals surface area contributed by atoms with E-state index in [4.69, 9.17) is 15.2 Å². The Kier molecular flexibility index (Phi) is 4.15. The first-order valence-electron chi connectivity index (χ1n) is 5.17. The van der Waals surface area contributed by atoms with Gasteiger partial charge in [-0.1, -0.05) is 0 Å². The Morgan fingerprint density at radius 3 is 2.31 bits per heavy atom. The second kappa shape index (κ2) is 5.18. The van der Waals surface area contributed by atoms with Crippen molar-refractivity contribution in [2.24, 2.45) is 5.73 Å². The normalized spacial score (nSPS) is 14.4. The lowest BCUT2D eigenvalue weighted by atomic mass is 9.97. The molecule has 0 saturated heterocycles. The zero-order valence-corrected chi connectivity index (χ0v) is 10.2. The monoisotopic (exact) mass is 225 g/mol. The molecule has 0 amide bonds. The van der Waals surface area contributed by atoms with E-state index >= 15 is 0 Å². The summed E-state index contributed by atoms with van der Waals surface area (Å²) in [5.74, 6) is 1.30. The molecule has 4 nitrogen and oxygen atoms in total. The summed E-state index contributed by atoms with van der Waals surface area (Å²) >= 11 is 0. The Morgan fingerprint density at radius 2 is 1.88 bits per heavy atom. The van der Waals surface area contributed by atoms with Crippen molar-refractivity contribution < 1.29 is 14.6 Å². The highest BCUT2D eigenvalue weighted by atomic mass is 16.5. The second-order valence-corrected chi connectivity index (χ2v) is 3.86. The van der Waals surface area contributed by atoms with Gasteiger partial charge in [0.15, 0.2) is 0 Å². The summed E-state index contributed by atoms with van der Waals surface area (Å²) in [6, 6.07) is 3.25. The van der Waals surface area contributed by atoms with E-state index in [1.165, 1.54) is 0 Å². The summed E-state index contributed by atoms with van der Waals surface area (Å²) in [4.78, 5) is 0. The SMILES string of the molecule is COc1cc(C)c([C@H](O)[C@@H](C)N)c(OC)c1. The maximum absolute atomic E-state index is 10.0. The number of methoxy groups -OCH3 is 2. The molecule has 4 heteroatoms. The smallest absolute Gasteiger partial charge is 0.128 e. The van der Waals surface area contributed by atoms with E-state index in [0.29, 0.717) is 11.5 Å². The van der Waals surface area contributed by atoms with Crippen LogP contribution in [0.2, 0.25) is 0 Å². The van der Waals surface area contributed by atoms with Crippen LogP contribution in [0.3, 0.4) is 0 Å². The lowest BCUT2D eigenvalue weighted by molar-refractivity contribution is 0.148. The predicted octanol–water partition coefficient (Wildman–Crippen LogP) is 1.39. The number of rotatable bonds is 4. The fourth-order valence-electron chi connectivity index (χ4n) is 1.66. The van der Waals surface area contributed by atoms with Crippen molar-refractivity contribution in [2.75, 3.05) is 14.2 Å². The molecule has 0 bridgehead atoms. The van der Waals surface area contributed by atoms with Gasteiger partial charge in [-0.2, -0.15) is 0 Å². The van der Waals surface area contributed by atoms with Crippen LogP contribution in [0.4, 0.5) is 0 Å². The maximum Gasteiger partial charge on any atom is 0.128 e. The second-order valence-electron chi connectivity index (χ2n) is 3.86. The highest BCUT2D eigenvalue weighted by Crippen LogP contribution is 2.33. The molecule has 0 aliphatic carbocycles. The molecule has 16 heavy (non-hydrogen) atoms. The predicted molar refractivity (Wildman–Crippen MR) is 62.9 cm³/mol. The summed E-state index contributed by atoms with van der Waals surface area (Å²) in [6.07, 6.45) is -0.735. The van der Waals surface area contributed by atoms with Gasteiger partial charge in [-0.25, -0.2) is 0 Å². The number of benzene rings is 1. The van der Waals surface area contributed by atoms with Crippen molar-refractivity contribution >= 4 is 0 Å². The van der Waals surface area contributed by atoms with Crippen molar-refractivity contribution in [2.45, 2.75) is 26.0 Å². The third-order valence-electron chi connectivity index (χ3n) is 2.57. The number of hydrogen-bond donors (Lipinski definition) is 2. The Labute approximate surface area is 96.0 Å². The van der Waals surface area contributed by atoms with Gasteiger partial charge < -0.3 is 20.3 Å². The maximum atomic E-state index is 10.0. The first-order chi connectivity index (χ1) is 7.51. The summed E-state index contributed by atoms with van der Waals surface area (Å²) in [5, 5.41) is 10.0. The fraction of sp³-hybridized carbons (Fsp3) is 0.500. The van der Waals surface area contributed by atoms with Gasteiger partial charge >= 0.3 is 0 Å². The highest BCUT2D eigenvalue weighted by Gasteiger charge is 2.20. The average molecular weight is 225 g/mol.